The van der Waals surface area contributed by atoms with E-state index in [2.05, 4.69) is 26.0 Å². The molecule has 106 valence electrons. The van der Waals surface area contributed by atoms with Crippen LogP contribution in [0.3, 0.4) is 0 Å². The molecule has 1 aliphatic rings. The van der Waals surface area contributed by atoms with Gasteiger partial charge in [0.2, 0.25) is 0 Å². The molecule has 1 heterocycles. The summed E-state index contributed by atoms with van der Waals surface area (Å²) in [6.07, 6.45) is -11.2. The van der Waals surface area contributed by atoms with Gasteiger partial charge in [-0.3, -0.25) is 0 Å². The second-order valence-electron chi connectivity index (χ2n) is 3.83. The van der Waals surface area contributed by atoms with Crippen molar-refractivity contribution in [3.05, 3.63) is 28.2 Å². The van der Waals surface area contributed by atoms with E-state index in [-0.39, 0.29) is 10.2 Å². The molecule has 0 atom stereocenters. The first-order valence-corrected chi connectivity index (χ1v) is 5.70. The summed E-state index contributed by atoms with van der Waals surface area (Å²) >= 11 is 2.86. The standard InChI is InChI=1S/C10H6BrF6NO/c11-5-1-2-7-6(3-5)8(9(12,13)14,10(15,16)17)19-4-18-7/h1-3,18H,4H2. The van der Waals surface area contributed by atoms with Crippen LogP contribution in [0, 0.1) is 0 Å². The van der Waals surface area contributed by atoms with Gasteiger partial charge in [0.25, 0.3) is 5.60 Å². The third-order valence-electron chi connectivity index (χ3n) is 2.71. The van der Waals surface area contributed by atoms with Gasteiger partial charge in [0.1, 0.15) is 6.73 Å². The Morgan fingerprint density at radius 3 is 2.21 bits per heavy atom. The lowest BCUT2D eigenvalue weighted by Gasteiger charge is -2.41. The molecule has 0 amide bonds. The van der Waals surface area contributed by atoms with Crippen molar-refractivity contribution in [2.75, 3.05) is 12.0 Å². The number of benzene rings is 1. The Kier molecular flexibility index (Phi) is 3.25. The third-order valence-corrected chi connectivity index (χ3v) is 3.20. The van der Waals surface area contributed by atoms with Crippen LogP contribution in [0.2, 0.25) is 0 Å². The van der Waals surface area contributed by atoms with Gasteiger partial charge < -0.3 is 10.1 Å². The molecule has 0 unspecified atom stereocenters. The zero-order valence-electron chi connectivity index (χ0n) is 8.99. The molecule has 1 aromatic carbocycles. The van der Waals surface area contributed by atoms with Crippen molar-refractivity contribution in [1.82, 2.24) is 0 Å². The number of hydrogen-bond donors (Lipinski definition) is 1. The fourth-order valence-electron chi connectivity index (χ4n) is 1.89. The lowest BCUT2D eigenvalue weighted by molar-refractivity contribution is -0.389. The highest BCUT2D eigenvalue weighted by Crippen LogP contribution is 2.56. The summed E-state index contributed by atoms with van der Waals surface area (Å²) in [5.41, 5.74) is -5.58. The van der Waals surface area contributed by atoms with Gasteiger partial charge in [-0.1, -0.05) is 15.9 Å². The van der Waals surface area contributed by atoms with Gasteiger partial charge in [-0.25, -0.2) is 0 Å². The van der Waals surface area contributed by atoms with Crippen molar-refractivity contribution in [1.29, 1.82) is 0 Å². The Labute approximate surface area is 111 Å². The van der Waals surface area contributed by atoms with Gasteiger partial charge in [0.05, 0.1) is 0 Å². The summed E-state index contributed by atoms with van der Waals surface area (Å²) in [7, 11) is 0. The maximum Gasteiger partial charge on any atom is 0.431 e. The number of anilines is 1. The lowest BCUT2D eigenvalue weighted by atomic mass is 9.89. The van der Waals surface area contributed by atoms with Crippen LogP contribution in [0.4, 0.5) is 32.0 Å². The number of halogens is 7. The Morgan fingerprint density at radius 2 is 1.68 bits per heavy atom. The van der Waals surface area contributed by atoms with Crippen LogP contribution in [0.5, 0.6) is 0 Å². The van der Waals surface area contributed by atoms with E-state index in [1.165, 1.54) is 6.07 Å². The first kappa shape index (κ1) is 14.4. The summed E-state index contributed by atoms with van der Waals surface area (Å²) in [5.74, 6) is 0. The quantitative estimate of drug-likeness (QED) is 0.710. The summed E-state index contributed by atoms with van der Waals surface area (Å²) in [6, 6.07) is 3.23. The topological polar surface area (TPSA) is 21.3 Å². The molecule has 19 heavy (non-hydrogen) atoms. The number of hydrogen-bond acceptors (Lipinski definition) is 2. The zero-order chi connectivity index (χ0) is 14.5. The fraction of sp³-hybridized carbons (Fsp3) is 0.400. The molecule has 0 bridgehead atoms. The summed E-state index contributed by atoms with van der Waals surface area (Å²) < 4.78 is 82.3. The normalized spacial score (nSPS) is 18.7. The minimum atomic E-state index is -5.62. The van der Waals surface area contributed by atoms with Gasteiger partial charge in [-0.2, -0.15) is 26.3 Å². The van der Waals surface area contributed by atoms with E-state index < -0.39 is 30.2 Å². The first-order chi connectivity index (χ1) is 8.59. The van der Waals surface area contributed by atoms with Crippen molar-refractivity contribution in [3.8, 4) is 0 Å². The van der Waals surface area contributed by atoms with Crippen molar-refractivity contribution < 1.29 is 31.1 Å². The van der Waals surface area contributed by atoms with E-state index in [0.717, 1.165) is 12.1 Å². The minimum absolute atomic E-state index is 0.0939. The number of alkyl halides is 6. The van der Waals surface area contributed by atoms with E-state index in [4.69, 9.17) is 0 Å². The van der Waals surface area contributed by atoms with Crippen LogP contribution in [-0.4, -0.2) is 19.1 Å². The minimum Gasteiger partial charge on any atom is -0.362 e. The van der Waals surface area contributed by atoms with Crippen molar-refractivity contribution >= 4 is 21.6 Å². The zero-order valence-corrected chi connectivity index (χ0v) is 10.6. The average Bonchev–Trinajstić information content (AvgIpc) is 2.24. The molecule has 9 heteroatoms. The molecule has 0 spiro atoms. The van der Waals surface area contributed by atoms with E-state index >= 15 is 0 Å². The SMILES string of the molecule is FC(F)(F)C1(C(F)(F)F)OCNc2ccc(Br)cc21. The number of fused-ring (bicyclic) bond motifs is 1. The van der Waals surface area contributed by atoms with Crippen molar-refractivity contribution in [3.63, 3.8) is 0 Å². The molecule has 2 nitrogen and oxygen atoms in total. The molecule has 0 fully saturated rings. The first-order valence-electron chi connectivity index (χ1n) is 4.91. The second-order valence-corrected chi connectivity index (χ2v) is 4.75. The molecule has 1 N–H and O–H groups in total. The lowest BCUT2D eigenvalue weighted by Crippen LogP contribution is -2.58. The molecule has 2 rings (SSSR count). The van der Waals surface area contributed by atoms with Gasteiger partial charge in [0, 0.05) is 15.7 Å². The van der Waals surface area contributed by atoms with Gasteiger partial charge >= 0.3 is 12.4 Å². The molecule has 0 radical (unpaired) electrons. The highest BCUT2D eigenvalue weighted by atomic mass is 79.9. The summed E-state index contributed by atoms with van der Waals surface area (Å²) in [5, 5.41) is 2.35. The second kappa shape index (κ2) is 4.27. The largest absolute Gasteiger partial charge is 0.431 e. The van der Waals surface area contributed by atoms with Crippen LogP contribution >= 0.6 is 15.9 Å². The third kappa shape index (κ3) is 2.08. The highest BCUT2D eigenvalue weighted by molar-refractivity contribution is 9.10. The Hall–Kier alpha value is -0.960. The van der Waals surface area contributed by atoms with E-state index in [9.17, 15) is 26.3 Å². The smallest absolute Gasteiger partial charge is 0.362 e. The Bertz CT molecular complexity index is 484. The number of rotatable bonds is 0. The van der Waals surface area contributed by atoms with E-state index in [1.54, 1.807) is 0 Å². The molecule has 0 aliphatic carbocycles. The Balaban J connectivity index is 2.76. The van der Waals surface area contributed by atoms with E-state index in [1.807, 2.05) is 0 Å². The van der Waals surface area contributed by atoms with Gasteiger partial charge in [0.15, 0.2) is 0 Å². The fourth-order valence-corrected chi connectivity index (χ4v) is 2.25. The van der Waals surface area contributed by atoms with E-state index in [0.29, 0.717) is 0 Å². The Morgan fingerprint density at radius 1 is 1.11 bits per heavy atom. The predicted molar refractivity (Wildman–Crippen MR) is 57.5 cm³/mol. The summed E-state index contributed by atoms with van der Waals surface area (Å²) in [6.45, 7) is -0.881. The summed E-state index contributed by atoms with van der Waals surface area (Å²) in [4.78, 5) is 0. The molecule has 1 aromatic rings. The number of nitrogens with one attached hydrogen (secondary N) is 1. The van der Waals surface area contributed by atoms with Crippen LogP contribution in [0.15, 0.2) is 22.7 Å². The van der Waals surface area contributed by atoms with Crippen LogP contribution in [0.1, 0.15) is 5.56 Å². The van der Waals surface area contributed by atoms with Crippen molar-refractivity contribution in [2.45, 2.75) is 18.0 Å². The van der Waals surface area contributed by atoms with Crippen molar-refractivity contribution in [2.24, 2.45) is 0 Å². The molecule has 0 saturated heterocycles. The molecular formula is C10H6BrF6NO. The average molecular weight is 350 g/mol. The van der Waals surface area contributed by atoms with Crippen LogP contribution < -0.4 is 5.32 Å². The maximum absolute atomic E-state index is 13.0. The molecule has 0 saturated carbocycles. The van der Waals surface area contributed by atoms with Crippen LogP contribution in [-0.2, 0) is 10.3 Å². The van der Waals surface area contributed by atoms with Gasteiger partial charge in [-0.15, -0.1) is 0 Å². The maximum atomic E-state index is 13.0. The number of ether oxygens (including phenoxy) is 1. The monoisotopic (exact) mass is 349 g/mol. The highest BCUT2D eigenvalue weighted by Gasteiger charge is 2.74. The van der Waals surface area contributed by atoms with Crippen LogP contribution in [0.25, 0.3) is 0 Å². The van der Waals surface area contributed by atoms with Gasteiger partial charge in [-0.05, 0) is 18.2 Å². The molecular weight excluding hydrogens is 344 g/mol. The predicted octanol–water partition coefficient (Wildman–Crippen LogP) is 4.17. The molecule has 1 aliphatic heterocycles. The molecule has 0 aromatic heterocycles.